The van der Waals surface area contributed by atoms with E-state index in [2.05, 4.69) is 16.1 Å². The van der Waals surface area contributed by atoms with E-state index >= 15 is 0 Å². The molecule has 0 bridgehead atoms. The van der Waals surface area contributed by atoms with E-state index in [0.717, 1.165) is 34.0 Å². The van der Waals surface area contributed by atoms with Crippen molar-refractivity contribution in [3.63, 3.8) is 0 Å². The molecule has 8 heteroatoms. The van der Waals surface area contributed by atoms with Crippen LogP contribution >= 0.6 is 12.1 Å². The lowest BCUT2D eigenvalue weighted by molar-refractivity contribution is 0.278. The topological polar surface area (TPSA) is 67.4 Å². The second-order valence-electron chi connectivity index (χ2n) is 6.42. The van der Waals surface area contributed by atoms with Gasteiger partial charge >= 0.3 is 0 Å². The Labute approximate surface area is 163 Å². The van der Waals surface area contributed by atoms with Gasteiger partial charge in [0.15, 0.2) is 0 Å². The summed E-state index contributed by atoms with van der Waals surface area (Å²) in [6, 6.07) is 12.3. The Bertz CT molecular complexity index is 872. The molecule has 0 saturated heterocycles. The first-order valence-electron chi connectivity index (χ1n) is 8.64. The number of amidine groups is 1. The molecule has 7 nitrogen and oxygen atoms in total. The summed E-state index contributed by atoms with van der Waals surface area (Å²) in [7, 11) is 5.64. The molecule has 1 unspecified atom stereocenters. The van der Waals surface area contributed by atoms with E-state index in [1.54, 1.807) is 7.11 Å². The number of rotatable bonds is 5. The van der Waals surface area contributed by atoms with Gasteiger partial charge in [-0.3, -0.25) is 0 Å². The predicted octanol–water partition coefficient (Wildman–Crippen LogP) is 3.66. The molecular weight excluding hydrogens is 364 g/mol. The van der Waals surface area contributed by atoms with E-state index in [0.29, 0.717) is 19.2 Å². The number of hydrogen-bond donors (Lipinski definition) is 2. The van der Waals surface area contributed by atoms with Gasteiger partial charge in [-0.25, -0.2) is 9.30 Å². The van der Waals surface area contributed by atoms with Crippen LogP contribution in [0.3, 0.4) is 0 Å². The maximum Gasteiger partial charge on any atom is 0.290 e. The first-order valence-corrected chi connectivity index (χ1v) is 9.42. The summed E-state index contributed by atoms with van der Waals surface area (Å²) in [5, 5.41) is 3.27. The molecule has 2 aromatic rings. The highest BCUT2D eigenvalue weighted by Gasteiger charge is 2.29. The van der Waals surface area contributed by atoms with Crippen LogP contribution in [0.15, 0.2) is 41.4 Å². The van der Waals surface area contributed by atoms with Crippen LogP contribution in [-0.2, 0) is 11.3 Å². The molecule has 4 rings (SSSR count). The zero-order valence-electron chi connectivity index (χ0n) is 15.5. The third-order valence-corrected chi connectivity index (χ3v) is 5.00. The minimum absolute atomic E-state index is 0.155. The highest BCUT2D eigenvalue weighted by atomic mass is 32.2. The smallest absolute Gasteiger partial charge is 0.290 e. The average Bonchev–Trinajstić information content (AvgIpc) is 3.09. The van der Waals surface area contributed by atoms with Crippen LogP contribution in [-0.4, -0.2) is 38.1 Å². The molecule has 2 heterocycles. The highest BCUT2D eigenvalue weighted by molar-refractivity contribution is 7.98. The molecule has 0 amide bonds. The molecule has 2 aliphatic heterocycles. The zero-order chi connectivity index (χ0) is 18.8. The van der Waals surface area contributed by atoms with Crippen molar-refractivity contribution in [1.29, 1.82) is 0 Å². The lowest BCUT2D eigenvalue weighted by Crippen LogP contribution is -2.23. The van der Waals surface area contributed by atoms with Gasteiger partial charge in [0.25, 0.3) is 6.02 Å². The van der Waals surface area contributed by atoms with Gasteiger partial charge in [0, 0.05) is 29.1 Å². The van der Waals surface area contributed by atoms with Crippen molar-refractivity contribution < 1.29 is 14.2 Å². The number of fused-ring (bicyclic) bond motifs is 2. The van der Waals surface area contributed by atoms with Crippen molar-refractivity contribution in [3.05, 3.63) is 47.5 Å². The maximum atomic E-state index is 5.83. The van der Waals surface area contributed by atoms with Gasteiger partial charge in [0.1, 0.15) is 30.8 Å². The van der Waals surface area contributed by atoms with Crippen molar-refractivity contribution in [2.75, 3.05) is 37.9 Å². The first-order chi connectivity index (χ1) is 13.1. The van der Waals surface area contributed by atoms with Gasteiger partial charge in [-0.15, -0.1) is 0 Å². The Morgan fingerprint density at radius 1 is 1.26 bits per heavy atom. The molecule has 0 aliphatic carbocycles. The van der Waals surface area contributed by atoms with Crippen LogP contribution < -0.4 is 19.5 Å². The summed E-state index contributed by atoms with van der Waals surface area (Å²) in [4.78, 5) is 4.72. The van der Waals surface area contributed by atoms with Gasteiger partial charge < -0.3 is 24.2 Å². The Morgan fingerprint density at radius 2 is 2.15 bits per heavy atom. The SMILES string of the molecule is COc1cccc2c1C(N=C1Nc3ccc(NSN(C)C)cc3CO1)CO2. The molecule has 27 heavy (non-hydrogen) atoms. The number of anilines is 2. The van der Waals surface area contributed by atoms with Crippen LogP contribution in [0, 0.1) is 0 Å². The fourth-order valence-electron chi connectivity index (χ4n) is 3.06. The molecule has 2 N–H and O–H groups in total. The quantitative estimate of drug-likeness (QED) is 0.760. The normalized spacial score (nSPS) is 19.0. The van der Waals surface area contributed by atoms with Gasteiger partial charge in [0.05, 0.1) is 12.7 Å². The summed E-state index contributed by atoms with van der Waals surface area (Å²) < 4.78 is 22.3. The number of nitrogens with one attached hydrogen (secondary N) is 2. The Balaban J connectivity index is 1.51. The van der Waals surface area contributed by atoms with Crippen LogP contribution in [0.1, 0.15) is 17.2 Å². The summed E-state index contributed by atoms with van der Waals surface area (Å²) in [6.07, 6.45) is 0. The maximum absolute atomic E-state index is 5.83. The minimum atomic E-state index is -0.155. The highest BCUT2D eigenvalue weighted by Crippen LogP contribution is 2.41. The van der Waals surface area contributed by atoms with Crippen LogP contribution in [0.25, 0.3) is 0 Å². The number of nitrogens with zero attached hydrogens (tertiary/aromatic N) is 2. The van der Waals surface area contributed by atoms with Gasteiger partial charge in [-0.1, -0.05) is 6.07 Å². The second kappa shape index (κ2) is 7.58. The van der Waals surface area contributed by atoms with Crippen LogP contribution in [0.2, 0.25) is 0 Å². The van der Waals surface area contributed by atoms with E-state index in [4.69, 9.17) is 19.2 Å². The fourth-order valence-corrected chi connectivity index (χ4v) is 3.48. The fraction of sp³-hybridized carbons (Fsp3) is 0.316. The molecule has 0 fully saturated rings. The average molecular weight is 386 g/mol. The van der Waals surface area contributed by atoms with E-state index in [-0.39, 0.29) is 6.04 Å². The largest absolute Gasteiger partial charge is 0.496 e. The molecule has 0 aromatic heterocycles. The van der Waals surface area contributed by atoms with Crippen LogP contribution in [0.5, 0.6) is 11.5 Å². The molecule has 0 spiro atoms. The first kappa shape index (κ1) is 17.8. The van der Waals surface area contributed by atoms with E-state index < -0.39 is 0 Å². The van der Waals surface area contributed by atoms with Gasteiger partial charge in [-0.2, -0.15) is 0 Å². The number of ether oxygens (including phenoxy) is 3. The lowest BCUT2D eigenvalue weighted by Gasteiger charge is -2.22. The molecule has 142 valence electrons. The number of aliphatic imine (C=N–C) groups is 1. The van der Waals surface area contributed by atoms with Crippen molar-refractivity contribution in [1.82, 2.24) is 4.31 Å². The van der Waals surface area contributed by atoms with E-state index in [1.165, 1.54) is 12.1 Å². The predicted molar refractivity (Wildman–Crippen MR) is 108 cm³/mol. The van der Waals surface area contributed by atoms with Crippen molar-refractivity contribution >= 4 is 29.5 Å². The Morgan fingerprint density at radius 3 is 2.96 bits per heavy atom. The monoisotopic (exact) mass is 386 g/mol. The van der Waals surface area contributed by atoms with E-state index in [1.807, 2.05) is 48.7 Å². The number of benzene rings is 2. The summed E-state index contributed by atoms with van der Waals surface area (Å²) in [6.45, 7) is 0.942. The van der Waals surface area contributed by atoms with Crippen molar-refractivity contribution in [3.8, 4) is 11.5 Å². The lowest BCUT2D eigenvalue weighted by atomic mass is 10.1. The molecular formula is C19H22N4O3S. The van der Waals surface area contributed by atoms with Crippen molar-refractivity contribution in [2.45, 2.75) is 12.6 Å². The van der Waals surface area contributed by atoms with Crippen LogP contribution in [0.4, 0.5) is 11.4 Å². The third kappa shape index (κ3) is 3.77. The Kier molecular flexibility index (Phi) is 5.00. The molecule has 2 aliphatic rings. The molecule has 0 radical (unpaired) electrons. The second-order valence-corrected chi connectivity index (χ2v) is 7.54. The Hall–Kier alpha value is -2.58. The summed E-state index contributed by atoms with van der Waals surface area (Å²) in [5.74, 6) is 1.60. The molecule has 2 aromatic carbocycles. The summed E-state index contributed by atoms with van der Waals surface area (Å²) >= 11 is 1.53. The number of methoxy groups -OCH3 is 1. The minimum Gasteiger partial charge on any atom is -0.496 e. The van der Waals surface area contributed by atoms with Crippen molar-refractivity contribution in [2.24, 2.45) is 4.99 Å². The van der Waals surface area contributed by atoms with E-state index in [9.17, 15) is 0 Å². The van der Waals surface area contributed by atoms with Gasteiger partial charge in [0.2, 0.25) is 0 Å². The third-order valence-electron chi connectivity index (χ3n) is 4.31. The summed E-state index contributed by atoms with van der Waals surface area (Å²) in [5.41, 5.74) is 4.07. The zero-order valence-corrected chi connectivity index (χ0v) is 16.3. The number of hydrogen-bond acceptors (Lipinski definition) is 7. The molecule has 0 saturated carbocycles. The standard InChI is InChI=1S/C19H22N4O3S/c1-23(2)27-22-13-7-8-14-12(9-13)10-26-19(20-14)21-15-11-25-17-6-4-5-16(24-3)18(15)17/h4-9,15,22H,10-11H2,1-3H3,(H,20,21). The van der Waals surface area contributed by atoms with Gasteiger partial charge in [-0.05, 0) is 44.4 Å². The molecule has 1 atom stereocenters.